The van der Waals surface area contributed by atoms with Gasteiger partial charge in [0.05, 0.1) is 6.10 Å². The second-order valence-corrected chi connectivity index (χ2v) is 5.77. The number of carbonyl (C=O) groups is 2. The van der Waals surface area contributed by atoms with Gasteiger partial charge in [-0.3, -0.25) is 9.59 Å². The van der Waals surface area contributed by atoms with E-state index < -0.39 is 29.3 Å². The Labute approximate surface area is 125 Å². The molecule has 5 heteroatoms. The fourth-order valence-electron chi connectivity index (χ4n) is 1.97. The van der Waals surface area contributed by atoms with Gasteiger partial charge in [0, 0.05) is 12.0 Å². The van der Waals surface area contributed by atoms with Crippen molar-refractivity contribution in [2.24, 2.45) is 11.3 Å². The van der Waals surface area contributed by atoms with Crippen LogP contribution < -0.4 is 5.32 Å². The van der Waals surface area contributed by atoms with Crippen LogP contribution in [-0.4, -0.2) is 34.7 Å². The van der Waals surface area contributed by atoms with E-state index in [1.165, 1.54) is 6.92 Å². The van der Waals surface area contributed by atoms with Gasteiger partial charge in [-0.05, 0) is 25.8 Å². The van der Waals surface area contributed by atoms with Crippen molar-refractivity contribution in [3.05, 3.63) is 35.9 Å². The number of amides is 1. The summed E-state index contributed by atoms with van der Waals surface area (Å²) >= 11 is 0. The van der Waals surface area contributed by atoms with Crippen LogP contribution >= 0.6 is 0 Å². The van der Waals surface area contributed by atoms with Crippen LogP contribution in [-0.2, 0) is 16.0 Å². The molecule has 116 valence electrons. The molecule has 3 N–H and O–H groups in total. The van der Waals surface area contributed by atoms with Crippen LogP contribution in [0.4, 0.5) is 0 Å². The first kappa shape index (κ1) is 17.2. The molecular weight excluding hydrogens is 270 g/mol. The van der Waals surface area contributed by atoms with Gasteiger partial charge >= 0.3 is 5.97 Å². The Morgan fingerprint density at radius 3 is 2.29 bits per heavy atom. The molecule has 1 aromatic rings. The molecule has 0 radical (unpaired) electrons. The molecule has 0 aromatic heterocycles. The summed E-state index contributed by atoms with van der Waals surface area (Å²) in [5, 5.41) is 21.5. The van der Waals surface area contributed by atoms with Gasteiger partial charge in [-0.1, -0.05) is 37.3 Å². The first-order valence-electron chi connectivity index (χ1n) is 6.99. The van der Waals surface area contributed by atoms with Crippen LogP contribution in [0, 0.1) is 11.3 Å². The maximum absolute atomic E-state index is 11.7. The fraction of sp³-hybridized carbons (Fsp3) is 0.500. The second-order valence-electron chi connectivity index (χ2n) is 5.77. The van der Waals surface area contributed by atoms with Crippen LogP contribution in [0.5, 0.6) is 0 Å². The molecule has 0 aliphatic carbocycles. The molecule has 0 aliphatic rings. The highest BCUT2D eigenvalue weighted by Crippen LogP contribution is 2.26. The SMILES string of the molecule is CC(C(=O)O)C(=O)NCC(C)(Cc1ccccc1)C(C)O. The minimum Gasteiger partial charge on any atom is -0.481 e. The quantitative estimate of drug-likeness (QED) is 0.664. The summed E-state index contributed by atoms with van der Waals surface area (Å²) in [4.78, 5) is 22.5. The van der Waals surface area contributed by atoms with Crippen molar-refractivity contribution in [2.45, 2.75) is 33.3 Å². The highest BCUT2D eigenvalue weighted by Gasteiger charge is 2.32. The Morgan fingerprint density at radius 1 is 1.24 bits per heavy atom. The van der Waals surface area contributed by atoms with Crippen molar-refractivity contribution in [1.29, 1.82) is 0 Å². The van der Waals surface area contributed by atoms with E-state index in [1.54, 1.807) is 6.92 Å². The number of nitrogens with one attached hydrogen (secondary N) is 1. The van der Waals surface area contributed by atoms with Crippen molar-refractivity contribution in [3.8, 4) is 0 Å². The van der Waals surface area contributed by atoms with Gasteiger partial charge in [0.15, 0.2) is 0 Å². The van der Waals surface area contributed by atoms with E-state index in [9.17, 15) is 14.7 Å². The molecule has 0 spiro atoms. The summed E-state index contributed by atoms with van der Waals surface area (Å²) in [6, 6.07) is 9.68. The van der Waals surface area contributed by atoms with Crippen molar-refractivity contribution >= 4 is 11.9 Å². The van der Waals surface area contributed by atoms with Crippen molar-refractivity contribution in [2.75, 3.05) is 6.54 Å². The number of aliphatic hydroxyl groups is 1. The lowest BCUT2D eigenvalue weighted by molar-refractivity contribution is -0.146. The van der Waals surface area contributed by atoms with Gasteiger partial charge < -0.3 is 15.5 Å². The van der Waals surface area contributed by atoms with Gasteiger partial charge in [0.2, 0.25) is 5.91 Å². The molecule has 3 unspecified atom stereocenters. The molecule has 21 heavy (non-hydrogen) atoms. The summed E-state index contributed by atoms with van der Waals surface area (Å²) < 4.78 is 0. The third kappa shape index (κ3) is 4.86. The minimum absolute atomic E-state index is 0.218. The summed E-state index contributed by atoms with van der Waals surface area (Å²) in [5.74, 6) is -2.79. The predicted molar refractivity (Wildman–Crippen MR) is 79.7 cm³/mol. The Balaban J connectivity index is 2.73. The zero-order valence-electron chi connectivity index (χ0n) is 12.7. The predicted octanol–water partition coefficient (Wildman–Crippen LogP) is 1.45. The summed E-state index contributed by atoms with van der Waals surface area (Å²) in [6.07, 6.45) is -0.0501. The Morgan fingerprint density at radius 2 is 1.81 bits per heavy atom. The van der Waals surface area contributed by atoms with Gasteiger partial charge in [-0.15, -0.1) is 0 Å². The number of benzene rings is 1. The molecule has 0 aliphatic heterocycles. The standard InChI is InChI=1S/C16H23NO4/c1-11(15(20)21)14(19)17-10-16(3,12(2)18)9-13-7-5-4-6-8-13/h4-8,11-12,18H,9-10H2,1-3H3,(H,17,19)(H,20,21). The number of carboxylic acids is 1. The molecular formula is C16H23NO4. The van der Waals surface area contributed by atoms with Crippen LogP contribution in [0.15, 0.2) is 30.3 Å². The van der Waals surface area contributed by atoms with Crippen molar-refractivity contribution < 1.29 is 19.8 Å². The molecule has 1 rings (SSSR count). The van der Waals surface area contributed by atoms with E-state index in [0.29, 0.717) is 6.42 Å². The Bertz CT molecular complexity index is 486. The third-order valence-electron chi connectivity index (χ3n) is 3.89. The highest BCUT2D eigenvalue weighted by atomic mass is 16.4. The van der Waals surface area contributed by atoms with E-state index in [-0.39, 0.29) is 6.54 Å². The van der Waals surface area contributed by atoms with Crippen LogP contribution in [0.1, 0.15) is 26.3 Å². The molecule has 0 heterocycles. The molecule has 3 atom stereocenters. The van der Waals surface area contributed by atoms with Gasteiger partial charge in [-0.25, -0.2) is 0 Å². The maximum atomic E-state index is 11.7. The summed E-state index contributed by atoms with van der Waals surface area (Å²) in [6.45, 7) is 5.11. The summed E-state index contributed by atoms with van der Waals surface area (Å²) in [7, 11) is 0. The number of carbonyl (C=O) groups excluding carboxylic acids is 1. The number of aliphatic hydroxyl groups excluding tert-OH is 1. The first-order chi connectivity index (χ1) is 9.76. The molecule has 0 saturated carbocycles. The number of hydrogen-bond donors (Lipinski definition) is 3. The zero-order valence-corrected chi connectivity index (χ0v) is 12.7. The Kier molecular flexibility index (Phi) is 5.90. The lowest BCUT2D eigenvalue weighted by atomic mass is 9.79. The lowest BCUT2D eigenvalue weighted by Gasteiger charge is -2.33. The van der Waals surface area contributed by atoms with E-state index >= 15 is 0 Å². The smallest absolute Gasteiger partial charge is 0.315 e. The molecule has 0 fully saturated rings. The Hall–Kier alpha value is -1.88. The van der Waals surface area contributed by atoms with Crippen LogP contribution in [0.2, 0.25) is 0 Å². The first-order valence-corrected chi connectivity index (χ1v) is 6.99. The van der Waals surface area contributed by atoms with Gasteiger partial charge in [0.25, 0.3) is 0 Å². The van der Waals surface area contributed by atoms with E-state index in [4.69, 9.17) is 5.11 Å². The molecule has 0 bridgehead atoms. The number of rotatable bonds is 7. The third-order valence-corrected chi connectivity index (χ3v) is 3.89. The highest BCUT2D eigenvalue weighted by molar-refractivity contribution is 5.96. The number of aliphatic carboxylic acids is 1. The minimum atomic E-state index is -1.16. The van der Waals surface area contributed by atoms with E-state index in [0.717, 1.165) is 5.56 Å². The van der Waals surface area contributed by atoms with Crippen molar-refractivity contribution in [3.63, 3.8) is 0 Å². The van der Waals surface area contributed by atoms with E-state index in [1.807, 2.05) is 37.3 Å². The maximum Gasteiger partial charge on any atom is 0.315 e. The molecule has 1 amide bonds. The average Bonchev–Trinajstić information content (AvgIpc) is 2.44. The van der Waals surface area contributed by atoms with Gasteiger partial charge in [0.1, 0.15) is 5.92 Å². The largest absolute Gasteiger partial charge is 0.481 e. The molecule has 5 nitrogen and oxygen atoms in total. The van der Waals surface area contributed by atoms with Crippen molar-refractivity contribution in [1.82, 2.24) is 5.32 Å². The fourth-order valence-corrected chi connectivity index (χ4v) is 1.97. The average molecular weight is 293 g/mol. The lowest BCUT2D eigenvalue weighted by Crippen LogP contribution is -2.46. The van der Waals surface area contributed by atoms with Crippen LogP contribution in [0.25, 0.3) is 0 Å². The molecule has 0 saturated heterocycles. The monoisotopic (exact) mass is 293 g/mol. The van der Waals surface area contributed by atoms with Crippen LogP contribution in [0.3, 0.4) is 0 Å². The summed E-state index contributed by atoms with van der Waals surface area (Å²) in [5.41, 5.74) is 0.497. The van der Waals surface area contributed by atoms with E-state index in [2.05, 4.69) is 5.32 Å². The number of hydrogen-bond acceptors (Lipinski definition) is 3. The zero-order chi connectivity index (χ0) is 16.0. The topological polar surface area (TPSA) is 86.6 Å². The van der Waals surface area contributed by atoms with Gasteiger partial charge in [-0.2, -0.15) is 0 Å². The second kappa shape index (κ2) is 7.22. The molecule has 1 aromatic carbocycles. The number of carboxylic acid groups (broad SMARTS) is 1. The normalized spacial score (nSPS) is 16.6.